The van der Waals surface area contributed by atoms with Gasteiger partial charge < -0.3 is 15.1 Å². The van der Waals surface area contributed by atoms with Crippen molar-refractivity contribution in [1.29, 1.82) is 0 Å². The fraction of sp³-hybridized carbons (Fsp3) is 0.500. The minimum absolute atomic E-state index is 0.103. The topological polar surface area (TPSA) is 52.7 Å². The van der Waals surface area contributed by atoms with E-state index < -0.39 is 23.0 Å². The number of carbonyl (C=O) groups is 2. The monoisotopic (exact) mass is 323 g/mol. The molecular formula is C16H19F2N3O2. The first-order chi connectivity index (χ1) is 10.9. The van der Waals surface area contributed by atoms with E-state index in [0.29, 0.717) is 32.0 Å². The van der Waals surface area contributed by atoms with Gasteiger partial charge in [0.2, 0.25) is 11.8 Å². The van der Waals surface area contributed by atoms with Crippen molar-refractivity contribution in [2.75, 3.05) is 38.5 Å². The molecule has 0 bridgehead atoms. The molecule has 3 rings (SSSR count). The summed E-state index contributed by atoms with van der Waals surface area (Å²) in [5.74, 6) is -2.26. The Balaban J connectivity index is 1.70. The van der Waals surface area contributed by atoms with Gasteiger partial charge in [-0.2, -0.15) is 0 Å². The predicted octanol–water partition coefficient (Wildman–Crippen LogP) is 1.46. The van der Waals surface area contributed by atoms with Gasteiger partial charge in [-0.15, -0.1) is 0 Å². The maximum Gasteiger partial charge on any atom is 0.240 e. The fourth-order valence-electron chi connectivity index (χ4n) is 2.81. The van der Waals surface area contributed by atoms with Gasteiger partial charge in [0.15, 0.2) is 0 Å². The maximum atomic E-state index is 13.7. The van der Waals surface area contributed by atoms with Crippen molar-refractivity contribution < 1.29 is 18.4 Å². The molecule has 0 unspecified atom stereocenters. The van der Waals surface area contributed by atoms with Gasteiger partial charge in [-0.1, -0.05) is 0 Å². The molecule has 124 valence electrons. The zero-order valence-corrected chi connectivity index (χ0v) is 12.9. The quantitative estimate of drug-likeness (QED) is 0.857. The zero-order valence-electron chi connectivity index (χ0n) is 12.9. The van der Waals surface area contributed by atoms with E-state index in [-0.39, 0.29) is 11.6 Å². The summed E-state index contributed by atoms with van der Waals surface area (Å²) >= 11 is 0. The Morgan fingerprint density at radius 1 is 1.13 bits per heavy atom. The van der Waals surface area contributed by atoms with Crippen LogP contribution in [0.5, 0.6) is 0 Å². The molecule has 1 aliphatic carbocycles. The van der Waals surface area contributed by atoms with Crippen LogP contribution in [0.25, 0.3) is 0 Å². The number of hydrogen-bond donors (Lipinski definition) is 1. The molecule has 1 N–H and O–H groups in total. The van der Waals surface area contributed by atoms with Crippen molar-refractivity contribution in [3.8, 4) is 0 Å². The molecule has 2 fully saturated rings. The van der Waals surface area contributed by atoms with E-state index in [1.807, 2.05) is 7.05 Å². The molecule has 1 aromatic carbocycles. The molecule has 0 atom stereocenters. The third-order valence-corrected chi connectivity index (χ3v) is 4.56. The van der Waals surface area contributed by atoms with Crippen molar-refractivity contribution in [2.24, 2.45) is 5.41 Å². The highest BCUT2D eigenvalue weighted by atomic mass is 19.1. The third kappa shape index (κ3) is 3.06. The van der Waals surface area contributed by atoms with Gasteiger partial charge >= 0.3 is 0 Å². The van der Waals surface area contributed by atoms with Crippen molar-refractivity contribution in [2.45, 2.75) is 12.8 Å². The Kier molecular flexibility index (Phi) is 4.06. The highest BCUT2D eigenvalue weighted by Gasteiger charge is 2.58. The molecule has 2 amide bonds. The van der Waals surface area contributed by atoms with Gasteiger partial charge in [0.1, 0.15) is 17.0 Å². The lowest BCUT2D eigenvalue weighted by Crippen LogP contribution is -2.51. The van der Waals surface area contributed by atoms with Gasteiger partial charge in [-0.3, -0.25) is 9.59 Å². The molecule has 1 aliphatic heterocycles. The minimum atomic E-state index is -1.09. The lowest BCUT2D eigenvalue weighted by atomic mass is 10.0. The lowest BCUT2D eigenvalue weighted by molar-refractivity contribution is -0.143. The summed E-state index contributed by atoms with van der Waals surface area (Å²) in [6.07, 6.45) is 0.930. The van der Waals surface area contributed by atoms with Gasteiger partial charge in [0, 0.05) is 32.2 Å². The summed E-state index contributed by atoms with van der Waals surface area (Å²) in [5.41, 5.74) is -1.19. The number of rotatable bonds is 3. The van der Waals surface area contributed by atoms with Crippen LogP contribution in [0.3, 0.4) is 0 Å². The van der Waals surface area contributed by atoms with E-state index in [9.17, 15) is 18.4 Å². The summed E-state index contributed by atoms with van der Waals surface area (Å²) in [4.78, 5) is 28.9. The summed E-state index contributed by atoms with van der Waals surface area (Å²) in [6.45, 7) is 2.73. The smallest absolute Gasteiger partial charge is 0.240 e. The Morgan fingerprint density at radius 2 is 1.78 bits per heavy atom. The molecule has 0 spiro atoms. The highest BCUT2D eigenvalue weighted by molar-refractivity contribution is 6.13. The molecule has 1 heterocycles. The maximum absolute atomic E-state index is 13.7. The van der Waals surface area contributed by atoms with Crippen LogP contribution in [0.4, 0.5) is 14.5 Å². The van der Waals surface area contributed by atoms with Crippen LogP contribution in [0, 0.1) is 17.0 Å². The molecule has 0 radical (unpaired) electrons. The standard InChI is InChI=1S/C16H19F2N3O2/c1-20-6-8-21(9-7-20)15(23)16(4-5-16)14(22)19-13-3-2-11(17)10-12(13)18/h2-3,10H,4-9H2,1H3,(H,19,22). The number of halogens is 2. The van der Waals surface area contributed by atoms with Crippen molar-refractivity contribution >= 4 is 17.5 Å². The SMILES string of the molecule is CN1CCN(C(=O)C2(C(=O)Nc3ccc(F)cc3F)CC2)CC1. The van der Waals surface area contributed by atoms with Crippen LogP contribution in [0.2, 0.25) is 0 Å². The number of amides is 2. The lowest BCUT2D eigenvalue weighted by Gasteiger charge is -2.34. The second-order valence-corrected chi connectivity index (χ2v) is 6.26. The number of anilines is 1. The van der Waals surface area contributed by atoms with Crippen LogP contribution >= 0.6 is 0 Å². The summed E-state index contributed by atoms with van der Waals surface area (Å²) < 4.78 is 26.6. The number of likely N-dealkylation sites (N-methyl/N-ethyl adjacent to an activating group) is 1. The van der Waals surface area contributed by atoms with Crippen LogP contribution in [0.1, 0.15) is 12.8 Å². The average Bonchev–Trinajstić information content (AvgIpc) is 3.32. The number of benzene rings is 1. The number of carbonyl (C=O) groups excluding carboxylic acids is 2. The molecule has 0 aromatic heterocycles. The summed E-state index contributed by atoms with van der Waals surface area (Å²) in [7, 11) is 1.98. The molecular weight excluding hydrogens is 304 g/mol. The average molecular weight is 323 g/mol. The molecule has 1 aromatic rings. The van der Waals surface area contributed by atoms with Gasteiger partial charge in [0.05, 0.1) is 5.69 Å². The normalized spacial score (nSPS) is 20.2. The van der Waals surface area contributed by atoms with Gasteiger partial charge in [-0.05, 0) is 32.0 Å². The Morgan fingerprint density at radius 3 is 2.35 bits per heavy atom. The van der Waals surface area contributed by atoms with Crippen LogP contribution in [-0.2, 0) is 9.59 Å². The Hall–Kier alpha value is -2.02. The first-order valence-electron chi connectivity index (χ1n) is 7.67. The number of nitrogens with one attached hydrogen (secondary N) is 1. The molecule has 23 heavy (non-hydrogen) atoms. The summed E-state index contributed by atoms with van der Waals surface area (Å²) in [5, 5.41) is 2.43. The Labute approximate surface area is 133 Å². The molecule has 2 aliphatic rings. The first-order valence-corrected chi connectivity index (χ1v) is 7.67. The van der Waals surface area contributed by atoms with E-state index in [1.54, 1.807) is 4.90 Å². The highest BCUT2D eigenvalue weighted by Crippen LogP contribution is 2.48. The van der Waals surface area contributed by atoms with E-state index in [1.165, 1.54) is 6.07 Å². The molecule has 5 nitrogen and oxygen atoms in total. The zero-order chi connectivity index (χ0) is 16.6. The largest absolute Gasteiger partial charge is 0.339 e. The number of hydrogen-bond acceptors (Lipinski definition) is 3. The van der Waals surface area contributed by atoms with Crippen molar-refractivity contribution in [1.82, 2.24) is 9.80 Å². The second kappa shape index (κ2) is 5.88. The molecule has 1 saturated carbocycles. The second-order valence-electron chi connectivity index (χ2n) is 6.26. The molecule has 1 saturated heterocycles. The third-order valence-electron chi connectivity index (χ3n) is 4.56. The number of piperazine rings is 1. The first kappa shape index (κ1) is 15.9. The van der Waals surface area contributed by atoms with Crippen LogP contribution in [0.15, 0.2) is 18.2 Å². The van der Waals surface area contributed by atoms with E-state index in [4.69, 9.17) is 0 Å². The molecule has 7 heteroatoms. The van der Waals surface area contributed by atoms with E-state index in [2.05, 4.69) is 10.2 Å². The predicted molar refractivity (Wildman–Crippen MR) is 80.7 cm³/mol. The van der Waals surface area contributed by atoms with E-state index in [0.717, 1.165) is 19.2 Å². The van der Waals surface area contributed by atoms with Crippen LogP contribution < -0.4 is 5.32 Å². The van der Waals surface area contributed by atoms with Crippen molar-refractivity contribution in [3.63, 3.8) is 0 Å². The van der Waals surface area contributed by atoms with Gasteiger partial charge in [0.25, 0.3) is 0 Å². The van der Waals surface area contributed by atoms with Crippen LogP contribution in [-0.4, -0.2) is 54.8 Å². The minimum Gasteiger partial charge on any atom is -0.339 e. The van der Waals surface area contributed by atoms with E-state index >= 15 is 0 Å². The fourth-order valence-corrected chi connectivity index (χ4v) is 2.81. The summed E-state index contributed by atoms with van der Waals surface area (Å²) in [6, 6.07) is 2.94. The number of nitrogens with zero attached hydrogens (tertiary/aromatic N) is 2. The Bertz CT molecular complexity index is 638. The van der Waals surface area contributed by atoms with Gasteiger partial charge in [-0.25, -0.2) is 8.78 Å². The van der Waals surface area contributed by atoms with Crippen molar-refractivity contribution in [3.05, 3.63) is 29.8 Å².